The second-order valence-corrected chi connectivity index (χ2v) is 7.40. The van der Waals surface area contributed by atoms with E-state index in [-0.39, 0.29) is 23.8 Å². The molecule has 0 bridgehead atoms. The molecule has 0 spiro atoms. The smallest absolute Gasteiger partial charge is 0.150 e. The number of nitrogens with zero attached hydrogens (tertiary/aromatic N) is 3. The number of hydrogen-bond acceptors (Lipinski definition) is 6. The minimum absolute atomic E-state index is 0.0131. The standard InChI is InChI=1S/C23H26FN3O2S/c1-5-29-17(2)14-21(28)15-30-16-26-22(18-6-8-20(24)9-7-18)23(27(3)4)19-10-12-25-13-11-19/h6-13,16H,2,5,14-15H2,1,3-4H3/b23-22-,26-16?. The summed E-state index contributed by atoms with van der Waals surface area (Å²) in [7, 11) is 3.84. The molecule has 30 heavy (non-hydrogen) atoms. The van der Waals surface area contributed by atoms with E-state index in [0.717, 1.165) is 16.8 Å². The number of rotatable bonds is 11. The lowest BCUT2D eigenvalue weighted by Crippen LogP contribution is -2.12. The molecule has 0 radical (unpaired) electrons. The van der Waals surface area contributed by atoms with Gasteiger partial charge in [-0.15, -0.1) is 11.8 Å². The number of benzene rings is 1. The lowest BCUT2D eigenvalue weighted by molar-refractivity contribution is -0.116. The molecule has 7 heteroatoms. The van der Waals surface area contributed by atoms with Crippen LogP contribution in [0.15, 0.2) is 66.1 Å². The third kappa shape index (κ3) is 7.15. The zero-order chi connectivity index (χ0) is 21.9. The maximum Gasteiger partial charge on any atom is 0.150 e. The second kappa shape index (κ2) is 11.9. The van der Waals surface area contributed by atoms with Crippen LogP contribution in [-0.4, -0.2) is 47.7 Å². The molecule has 0 amide bonds. The van der Waals surface area contributed by atoms with Crippen molar-refractivity contribution < 1.29 is 13.9 Å². The normalized spacial score (nSPS) is 11.9. The number of aliphatic imine (C=N–C) groups is 1. The van der Waals surface area contributed by atoms with Gasteiger partial charge in [0.15, 0.2) is 5.78 Å². The molecule has 158 valence electrons. The quantitative estimate of drug-likeness (QED) is 0.291. The molecular formula is C23H26FN3O2S. The molecular weight excluding hydrogens is 401 g/mol. The number of thioether (sulfide) groups is 1. The van der Waals surface area contributed by atoms with E-state index < -0.39 is 0 Å². The highest BCUT2D eigenvalue weighted by atomic mass is 32.2. The first-order chi connectivity index (χ1) is 14.4. The van der Waals surface area contributed by atoms with Crippen molar-refractivity contribution in [2.75, 3.05) is 26.5 Å². The fourth-order valence-electron chi connectivity index (χ4n) is 2.74. The van der Waals surface area contributed by atoms with Crippen LogP contribution in [0.2, 0.25) is 0 Å². The highest BCUT2D eigenvalue weighted by Gasteiger charge is 2.14. The zero-order valence-electron chi connectivity index (χ0n) is 17.5. The van der Waals surface area contributed by atoms with Gasteiger partial charge in [-0.3, -0.25) is 9.78 Å². The summed E-state index contributed by atoms with van der Waals surface area (Å²) in [6.07, 6.45) is 3.61. The monoisotopic (exact) mass is 427 g/mol. The number of Topliss-reactive ketones (excluding diaryl/α,β-unsaturated/α-hetero) is 1. The molecule has 1 aromatic heterocycles. The summed E-state index contributed by atoms with van der Waals surface area (Å²) in [6, 6.07) is 9.97. The van der Waals surface area contributed by atoms with Gasteiger partial charge in [-0.2, -0.15) is 0 Å². The molecule has 0 unspecified atom stereocenters. The van der Waals surface area contributed by atoms with E-state index in [0.29, 0.717) is 18.1 Å². The van der Waals surface area contributed by atoms with Crippen molar-refractivity contribution in [1.29, 1.82) is 0 Å². The average molecular weight is 428 g/mol. The van der Waals surface area contributed by atoms with Gasteiger partial charge in [-0.05, 0) is 43.3 Å². The van der Waals surface area contributed by atoms with E-state index in [1.54, 1.807) is 30.1 Å². The molecule has 1 aromatic carbocycles. The minimum Gasteiger partial charge on any atom is -0.498 e. The summed E-state index contributed by atoms with van der Waals surface area (Å²) in [4.78, 5) is 22.7. The maximum atomic E-state index is 13.5. The number of aromatic nitrogens is 1. The van der Waals surface area contributed by atoms with Crippen LogP contribution in [0.25, 0.3) is 11.4 Å². The van der Waals surface area contributed by atoms with Gasteiger partial charge in [0, 0.05) is 37.6 Å². The Morgan fingerprint density at radius 1 is 1.20 bits per heavy atom. The van der Waals surface area contributed by atoms with Crippen molar-refractivity contribution in [2.45, 2.75) is 13.3 Å². The van der Waals surface area contributed by atoms with Crippen molar-refractivity contribution in [3.05, 3.63) is 78.1 Å². The van der Waals surface area contributed by atoms with Crippen LogP contribution in [0.4, 0.5) is 4.39 Å². The molecule has 0 aliphatic heterocycles. The van der Waals surface area contributed by atoms with Crippen molar-refractivity contribution in [3.8, 4) is 0 Å². The van der Waals surface area contributed by atoms with E-state index in [9.17, 15) is 9.18 Å². The molecule has 0 atom stereocenters. The van der Waals surface area contributed by atoms with Crippen LogP contribution >= 0.6 is 11.8 Å². The number of halogens is 1. The summed E-state index contributed by atoms with van der Waals surface area (Å²) in [5.41, 5.74) is 4.87. The molecule has 0 saturated carbocycles. The Morgan fingerprint density at radius 2 is 1.87 bits per heavy atom. The van der Waals surface area contributed by atoms with Crippen LogP contribution in [0, 0.1) is 5.82 Å². The molecule has 0 N–H and O–H groups in total. The van der Waals surface area contributed by atoms with Crippen LogP contribution in [-0.2, 0) is 9.53 Å². The lowest BCUT2D eigenvalue weighted by Gasteiger charge is -2.21. The van der Waals surface area contributed by atoms with E-state index in [1.165, 1.54) is 23.9 Å². The van der Waals surface area contributed by atoms with Gasteiger partial charge >= 0.3 is 0 Å². The number of carbonyl (C=O) groups is 1. The van der Waals surface area contributed by atoms with Crippen molar-refractivity contribution in [1.82, 2.24) is 9.88 Å². The van der Waals surface area contributed by atoms with Crippen molar-refractivity contribution in [2.24, 2.45) is 4.99 Å². The number of pyridine rings is 1. The van der Waals surface area contributed by atoms with Gasteiger partial charge in [-0.1, -0.05) is 6.58 Å². The van der Waals surface area contributed by atoms with Crippen LogP contribution < -0.4 is 0 Å². The summed E-state index contributed by atoms with van der Waals surface area (Å²) in [5.74, 6) is 0.435. The molecule has 0 aliphatic rings. The summed E-state index contributed by atoms with van der Waals surface area (Å²) in [6.45, 7) is 6.08. The molecule has 0 fully saturated rings. The topological polar surface area (TPSA) is 54.8 Å². The number of ether oxygens (including phenoxy) is 1. The number of hydrogen-bond donors (Lipinski definition) is 0. The predicted octanol–water partition coefficient (Wildman–Crippen LogP) is 4.88. The maximum absolute atomic E-state index is 13.5. The Hall–Kier alpha value is -2.93. The third-order valence-corrected chi connectivity index (χ3v) is 4.73. The van der Waals surface area contributed by atoms with Gasteiger partial charge in [0.25, 0.3) is 0 Å². The Labute approximate surface area is 181 Å². The molecule has 1 heterocycles. The highest BCUT2D eigenvalue weighted by Crippen LogP contribution is 2.29. The second-order valence-electron chi connectivity index (χ2n) is 6.57. The van der Waals surface area contributed by atoms with Crippen molar-refractivity contribution >= 4 is 34.5 Å². The van der Waals surface area contributed by atoms with Gasteiger partial charge in [0.2, 0.25) is 0 Å². The van der Waals surface area contributed by atoms with E-state index >= 15 is 0 Å². The Morgan fingerprint density at radius 3 is 2.47 bits per heavy atom. The fraction of sp³-hybridized carbons (Fsp3) is 0.261. The van der Waals surface area contributed by atoms with Crippen molar-refractivity contribution in [3.63, 3.8) is 0 Å². The highest BCUT2D eigenvalue weighted by molar-refractivity contribution is 8.12. The summed E-state index contributed by atoms with van der Waals surface area (Å²) >= 11 is 1.29. The predicted molar refractivity (Wildman–Crippen MR) is 122 cm³/mol. The largest absolute Gasteiger partial charge is 0.498 e. The van der Waals surface area contributed by atoms with Gasteiger partial charge in [0.1, 0.15) is 5.82 Å². The number of carbonyl (C=O) groups excluding carboxylic acids is 1. The van der Waals surface area contributed by atoms with Gasteiger partial charge in [0.05, 0.1) is 41.5 Å². The molecule has 0 saturated heterocycles. The molecule has 2 rings (SSSR count). The first-order valence-electron chi connectivity index (χ1n) is 9.46. The Bertz CT molecular complexity index is 910. The zero-order valence-corrected chi connectivity index (χ0v) is 18.3. The molecule has 5 nitrogen and oxygen atoms in total. The minimum atomic E-state index is -0.313. The fourth-order valence-corrected chi connectivity index (χ4v) is 3.29. The van der Waals surface area contributed by atoms with Gasteiger partial charge < -0.3 is 9.64 Å². The summed E-state index contributed by atoms with van der Waals surface area (Å²) < 4.78 is 18.7. The van der Waals surface area contributed by atoms with Crippen LogP contribution in [0.3, 0.4) is 0 Å². The first kappa shape index (κ1) is 23.3. The van der Waals surface area contributed by atoms with E-state index in [2.05, 4.69) is 16.6 Å². The van der Waals surface area contributed by atoms with Gasteiger partial charge in [-0.25, -0.2) is 9.38 Å². The van der Waals surface area contributed by atoms with E-state index in [4.69, 9.17) is 4.74 Å². The average Bonchev–Trinajstić information content (AvgIpc) is 2.71. The van der Waals surface area contributed by atoms with Crippen LogP contribution in [0.1, 0.15) is 24.5 Å². The number of allylic oxidation sites excluding steroid dienone is 1. The molecule has 2 aromatic rings. The molecule has 0 aliphatic carbocycles. The Kier molecular flexibility index (Phi) is 9.28. The summed E-state index contributed by atoms with van der Waals surface area (Å²) in [5, 5.41) is 0. The third-order valence-electron chi connectivity index (χ3n) is 3.99. The first-order valence-corrected chi connectivity index (χ1v) is 10.5. The lowest BCUT2D eigenvalue weighted by atomic mass is 10.1. The van der Waals surface area contributed by atoms with E-state index in [1.807, 2.05) is 38.1 Å². The SMILES string of the molecule is C=C(CC(=O)CSC=N/C(=C(/c1ccncc1)N(C)C)c1ccc(F)cc1)OCC. The Balaban J connectivity index is 2.28. The number of ketones is 1. The van der Waals surface area contributed by atoms with Crippen LogP contribution in [0.5, 0.6) is 0 Å².